The molecule has 16 heavy (non-hydrogen) atoms. The minimum Gasteiger partial charge on any atom is -0.380 e. The molecule has 1 aliphatic rings. The first kappa shape index (κ1) is 13.8. The van der Waals surface area contributed by atoms with Crippen molar-refractivity contribution in [2.24, 2.45) is 10.4 Å². The van der Waals surface area contributed by atoms with Gasteiger partial charge in [0.05, 0.1) is 12.6 Å². The van der Waals surface area contributed by atoms with Gasteiger partial charge in [-0.25, -0.2) is 0 Å². The third kappa shape index (κ3) is 4.34. The summed E-state index contributed by atoms with van der Waals surface area (Å²) in [5.74, 6) is 1.16. The number of thioether (sulfide) groups is 1. The molecule has 0 radical (unpaired) electrons. The van der Waals surface area contributed by atoms with E-state index >= 15 is 0 Å². The summed E-state index contributed by atoms with van der Waals surface area (Å²) in [5, 5.41) is 4.61. The Bertz CT molecular complexity index is 248. The summed E-state index contributed by atoms with van der Waals surface area (Å²) < 4.78 is 5.19. The lowest BCUT2D eigenvalue weighted by molar-refractivity contribution is 0.125. The summed E-state index contributed by atoms with van der Waals surface area (Å²) in [5.41, 5.74) is 0.300. The minimum absolute atomic E-state index is 0.199. The molecule has 0 aromatic heterocycles. The Morgan fingerprint density at radius 2 is 2.25 bits per heavy atom. The van der Waals surface area contributed by atoms with Gasteiger partial charge in [-0.15, -0.1) is 0 Å². The van der Waals surface area contributed by atoms with E-state index in [1.54, 1.807) is 7.11 Å². The van der Waals surface area contributed by atoms with Crippen LogP contribution in [-0.4, -0.2) is 36.7 Å². The summed E-state index contributed by atoms with van der Waals surface area (Å²) in [6.07, 6.45) is 1.41. The number of nitrogens with zero attached hydrogens (tertiary/aromatic N) is 1. The average Bonchev–Trinajstić information content (AvgIpc) is 2.25. The van der Waals surface area contributed by atoms with Crippen molar-refractivity contribution in [3.63, 3.8) is 0 Å². The van der Waals surface area contributed by atoms with Gasteiger partial charge in [0.2, 0.25) is 0 Å². The van der Waals surface area contributed by atoms with Crippen LogP contribution in [0.4, 0.5) is 0 Å². The standard InChI is InChI=1S/C12H24N2OS/c1-9(15-5)8-13-11-14-10(6-7-16-11)12(2,3)4/h9-10H,6-8H2,1-5H3,(H,13,14). The molecule has 0 aromatic rings. The monoisotopic (exact) mass is 244 g/mol. The van der Waals surface area contributed by atoms with Crippen LogP contribution in [0.3, 0.4) is 0 Å². The molecule has 4 heteroatoms. The maximum atomic E-state index is 5.19. The third-order valence-electron chi connectivity index (χ3n) is 2.88. The second kappa shape index (κ2) is 5.92. The van der Waals surface area contributed by atoms with Gasteiger partial charge in [-0.3, -0.25) is 4.99 Å². The van der Waals surface area contributed by atoms with E-state index in [-0.39, 0.29) is 6.10 Å². The fraction of sp³-hybridized carbons (Fsp3) is 0.917. The van der Waals surface area contributed by atoms with Gasteiger partial charge in [0.15, 0.2) is 5.17 Å². The smallest absolute Gasteiger partial charge is 0.156 e. The van der Waals surface area contributed by atoms with E-state index in [0.29, 0.717) is 11.5 Å². The van der Waals surface area contributed by atoms with Crippen molar-refractivity contribution >= 4 is 16.9 Å². The zero-order valence-electron chi connectivity index (χ0n) is 11.0. The number of rotatable bonds is 3. The number of nitrogens with one attached hydrogen (secondary N) is 1. The van der Waals surface area contributed by atoms with Crippen molar-refractivity contribution in [2.75, 3.05) is 19.4 Å². The maximum Gasteiger partial charge on any atom is 0.156 e. The number of hydrogen-bond acceptors (Lipinski definition) is 3. The van der Waals surface area contributed by atoms with Crippen molar-refractivity contribution in [3.05, 3.63) is 0 Å². The number of ether oxygens (including phenoxy) is 1. The highest BCUT2D eigenvalue weighted by molar-refractivity contribution is 8.13. The molecule has 1 rings (SSSR count). The Morgan fingerprint density at radius 3 is 2.81 bits per heavy atom. The van der Waals surface area contributed by atoms with Gasteiger partial charge in [0, 0.05) is 18.9 Å². The molecule has 0 saturated carbocycles. The molecule has 1 heterocycles. The van der Waals surface area contributed by atoms with Gasteiger partial charge in [0.1, 0.15) is 0 Å². The van der Waals surface area contributed by atoms with E-state index in [1.165, 1.54) is 6.42 Å². The van der Waals surface area contributed by atoms with Crippen LogP contribution in [0, 0.1) is 5.41 Å². The van der Waals surface area contributed by atoms with Gasteiger partial charge < -0.3 is 10.1 Å². The predicted molar refractivity (Wildman–Crippen MR) is 72.2 cm³/mol. The van der Waals surface area contributed by atoms with E-state index in [9.17, 15) is 0 Å². The third-order valence-corrected chi connectivity index (χ3v) is 3.84. The van der Waals surface area contributed by atoms with Gasteiger partial charge in [-0.2, -0.15) is 0 Å². The van der Waals surface area contributed by atoms with E-state index in [0.717, 1.165) is 17.5 Å². The van der Waals surface area contributed by atoms with Gasteiger partial charge in [0.25, 0.3) is 0 Å². The van der Waals surface area contributed by atoms with Crippen molar-refractivity contribution in [1.82, 2.24) is 5.32 Å². The first-order valence-corrected chi connectivity index (χ1v) is 6.88. The van der Waals surface area contributed by atoms with Gasteiger partial charge in [-0.1, -0.05) is 32.5 Å². The topological polar surface area (TPSA) is 33.6 Å². The molecule has 0 amide bonds. The number of hydrogen-bond donors (Lipinski definition) is 1. The van der Waals surface area contributed by atoms with Crippen molar-refractivity contribution in [1.29, 1.82) is 0 Å². The van der Waals surface area contributed by atoms with Crippen LogP contribution in [0.15, 0.2) is 4.99 Å². The highest BCUT2D eigenvalue weighted by Gasteiger charge is 2.28. The normalized spacial score (nSPS) is 26.6. The molecular formula is C12H24N2OS. The van der Waals surface area contributed by atoms with E-state index in [4.69, 9.17) is 4.74 Å². The van der Waals surface area contributed by atoms with E-state index in [1.807, 2.05) is 18.7 Å². The molecule has 1 aliphatic heterocycles. The Kier molecular flexibility index (Phi) is 5.12. The van der Waals surface area contributed by atoms with E-state index in [2.05, 4.69) is 31.1 Å². The highest BCUT2D eigenvalue weighted by atomic mass is 32.2. The number of methoxy groups -OCH3 is 1. The molecule has 1 saturated heterocycles. The Morgan fingerprint density at radius 1 is 1.56 bits per heavy atom. The molecule has 0 spiro atoms. The second-order valence-electron chi connectivity index (χ2n) is 5.39. The van der Waals surface area contributed by atoms with Crippen LogP contribution in [0.25, 0.3) is 0 Å². The Hall–Kier alpha value is -0.220. The van der Waals surface area contributed by atoms with Crippen LogP contribution >= 0.6 is 11.8 Å². The molecule has 0 aliphatic carbocycles. The Labute approximate surface area is 103 Å². The van der Waals surface area contributed by atoms with Crippen molar-refractivity contribution < 1.29 is 4.74 Å². The lowest BCUT2D eigenvalue weighted by Gasteiger charge is -2.35. The molecule has 2 atom stereocenters. The van der Waals surface area contributed by atoms with Crippen LogP contribution in [-0.2, 0) is 4.74 Å². The summed E-state index contributed by atoms with van der Waals surface area (Å²) in [6.45, 7) is 9.60. The lowest BCUT2D eigenvalue weighted by atomic mass is 9.85. The fourth-order valence-electron chi connectivity index (χ4n) is 1.56. The summed E-state index contributed by atoms with van der Waals surface area (Å²) in [7, 11) is 1.73. The van der Waals surface area contributed by atoms with Gasteiger partial charge in [-0.05, 0) is 18.8 Å². The van der Waals surface area contributed by atoms with Gasteiger partial charge >= 0.3 is 0 Å². The number of aliphatic imine (C=N–C) groups is 1. The molecule has 2 unspecified atom stereocenters. The summed E-state index contributed by atoms with van der Waals surface area (Å²) >= 11 is 1.82. The molecule has 1 fully saturated rings. The molecular weight excluding hydrogens is 220 g/mol. The van der Waals surface area contributed by atoms with Crippen molar-refractivity contribution in [3.8, 4) is 0 Å². The molecule has 94 valence electrons. The van der Waals surface area contributed by atoms with Crippen LogP contribution in [0.1, 0.15) is 34.1 Å². The minimum atomic E-state index is 0.199. The molecule has 0 aromatic carbocycles. The molecule has 3 nitrogen and oxygen atoms in total. The van der Waals surface area contributed by atoms with Crippen LogP contribution in [0.5, 0.6) is 0 Å². The summed E-state index contributed by atoms with van der Waals surface area (Å²) in [6, 6.07) is 0.533. The highest BCUT2D eigenvalue weighted by Crippen LogP contribution is 2.27. The molecule has 0 bridgehead atoms. The predicted octanol–water partition coefficient (Wildman–Crippen LogP) is 2.52. The first-order chi connectivity index (χ1) is 7.43. The number of amidine groups is 1. The Balaban J connectivity index is 2.50. The fourth-order valence-corrected chi connectivity index (χ4v) is 2.50. The van der Waals surface area contributed by atoms with Crippen molar-refractivity contribution in [2.45, 2.75) is 46.3 Å². The maximum absolute atomic E-state index is 5.19. The SMILES string of the molecule is COC(C)CN=C1NC(C(C)(C)C)CCS1. The van der Waals surface area contributed by atoms with E-state index < -0.39 is 0 Å². The van der Waals surface area contributed by atoms with Crippen LogP contribution in [0.2, 0.25) is 0 Å². The lowest BCUT2D eigenvalue weighted by Crippen LogP contribution is -2.46. The average molecular weight is 244 g/mol. The largest absolute Gasteiger partial charge is 0.380 e. The molecule has 1 N–H and O–H groups in total. The zero-order chi connectivity index (χ0) is 12.2. The zero-order valence-corrected chi connectivity index (χ0v) is 11.9. The van der Waals surface area contributed by atoms with Crippen LogP contribution < -0.4 is 5.32 Å². The second-order valence-corrected chi connectivity index (χ2v) is 6.48. The summed E-state index contributed by atoms with van der Waals surface area (Å²) in [4.78, 5) is 4.56. The quantitative estimate of drug-likeness (QED) is 0.828. The first-order valence-electron chi connectivity index (χ1n) is 5.90.